The highest BCUT2D eigenvalue weighted by atomic mass is 35.5. The third kappa shape index (κ3) is 4.57. The van der Waals surface area contributed by atoms with Crippen LogP contribution < -0.4 is 5.56 Å². The molecule has 38 heavy (non-hydrogen) atoms. The molecule has 0 saturated carbocycles. The lowest BCUT2D eigenvalue weighted by atomic mass is 9.96. The van der Waals surface area contributed by atoms with Gasteiger partial charge in [-0.2, -0.15) is 13.2 Å². The Morgan fingerprint density at radius 1 is 0.947 bits per heavy atom. The molecule has 0 fully saturated rings. The van der Waals surface area contributed by atoms with Crippen LogP contribution in [0.15, 0.2) is 71.5 Å². The van der Waals surface area contributed by atoms with Crippen molar-refractivity contribution in [1.29, 1.82) is 0 Å². The fourth-order valence-electron chi connectivity index (χ4n) is 4.37. The van der Waals surface area contributed by atoms with Crippen LogP contribution in [-0.2, 0) is 12.7 Å². The molecule has 0 aliphatic heterocycles. The Hall–Kier alpha value is -4.02. The Labute approximate surface area is 219 Å². The number of aliphatic hydroxyl groups is 1. The van der Waals surface area contributed by atoms with Gasteiger partial charge in [0.1, 0.15) is 11.8 Å². The lowest BCUT2D eigenvalue weighted by Gasteiger charge is -2.19. The van der Waals surface area contributed by atoms with Gasteiger partial charge in [-0.05, 0) is 48.7 Å². The van der Waals surface area contributed by atoms with Crippen LogP contribution in [0.25, 0.3) is 27.9 Å². The van der Waals surface area contributed by atoms with Gasteiger partial charge in [0.05, 0.1) is 12.1 Å². The molecule has 1 atom stereocenters. The van der Waals surface area contributed by atoms with E-state index in [4.69, 9.17) is 11.6 Å². The van der Waals surface area contributed by atoms with E-state index < -0.39 is 23.5 Å². The molecule has 3 heterocycles. The molecule has 11 heteroatoms. The quantitative estimate of drug-likeness (QED) is 0.309. The van der Waals surface area contributed by atoms with Crippen LogP contribution >= 0.6 is 11.6 Å². The van der Waals surface area contributed by atoms with Crippen LogP contribution in [0, 0.1) is 6.92 Å². The predicted octanol–water partition coefficient (Wildman–Crippen LogP) is 5.70. The number of fused-ring (bicyclic) bond motifs is 1. The van der Waals surface area contributed by atoms with E-state index in [1.54, 1.807) is 48.5 Å². The number of nitrogens with zero attached hydrogens (tertiary/aromatic N) is 5. The van der Waals surface area contributed by atoms with E-state index in [0.717, 1.165) is 6.07 Å². The molecule has 3 aromatic heterocycles. The molecule has 0 amide bonds. The van der Waals surface area contributed by atoms with Gasteiger partial charge < -0.3 is 5.11 Å². The molecular weight excluding hydrogens is 519 g/mol. The topological polar surface area (TPSA) is 85.3 Å². The number of alkyl halides is 3. The zero-order valence-electron chi connectivity index (χ0n) is 20.2. The van der Waals surface area contributed by atoms with E-state index in [0.29, 0.717) is 38.5 Å². The van der Waals surface area contributed by atoms with E-state index in [1.165, 1.54) is 29.1 Å². The van der Waals surface area contributed by atoms with Crippen molar-refractivity contribution in [3.8, 4) is 22.3 Å². The van der Waals surface area contributed by atoms with Crippen LogP contribution in [0.5, 0.6) is 0 Å². The third-order valence-corrected chi connectivity index (χ3v) is 6.45. The summed E-state index contributed by atoms with van der Waals surface area (Å²) in [6.07, 6.45) is -5.69. The zero-order valence-corrected chi connectivity index (χ0v) is 21.0. The minimum absolute atomic E-state index is 0.101. The van der Waals surface area contributed by atoms with Crippen molar-refractivity contribution in [2.75, 3.05) is 0 Å². The number of hydrogen-bond donors (Lipinski definition) is 1. The van der Waals surface area contributed by atoms with Gasteiger partial charge in [0, 0.05) is 16.3 Å². The molecule has 7 nitrogen and oxygen atoms in total. The minimum Gasteiger partial charge on any atom is -0.385 e. The zero-order chi connectivity index (χ0) is 27.2. The average Bonchev–Trinajstić information content (AvgIpc) is 3.32. The number of pyridine rings is 1. The molecule has 194 valence electrons. The van der Waals surface area contributed by atoms with Gasteiger partial charge in [0.2, 0.25) is 0 Å². The molecule has 0 aliphatic rings. The molecular formula is C27H21ClF3N5O2. The molecule has 0 unspecified atom stereocenters. The second-order valence-electron chi connectivity index (χ2n) is 8.79. The molecule has 0 saturated heterocycles. The number of aromatic nitrogens is 5. The molecule has 0 aliphatic carbocycles. The summed E-state index contributed by atoms with van der Waals surface area (Å²) < 4.78 is 42.3. The maximum absolute atomic E-state index is 14.2. The van der Waals surface area contributed by atoms with Gasteiger partial charge >= 0.3 is 6.18 Å². The predicted molar refractivity (Wildman–Crippen MR) is 137 cm³/mol. The van der Waals surface area contributed by atoms with Crippen molar-refractivity contribution in [3.05, 3.63) is 105 Å². The van der Waals surface area contributed by atoms with Crippen LogP contribution in [0.3, 0.4) is 0 Å². The fourth-order valence-corrected chi connectivity index (χ4v) is 4.49. The SMILES string of the molecule is Cc1nc(C(F)(F)F)ccc1Cn1c(=O)c(-c2ccccc2)c(-c2ccc(Cl)cc2)c2nnc([C@@H](C)O)n21. The first kappa shape index (κ1) is 25.6. The molecule has 0 spiro atoms. The maximum atomic E-state index is 14.2. The van der Waals surface area contributed by atoms with Crippen molar-refractivity contribution >= 4 is 17.2 Å². The fraction of sp³-hybridized carbons (Fsp3) is 0.185. The van der Waals surface area contributed by atoms with Crippen LogP contribution in [0.1, 0.15) is 35.8 Å². The van der Waals surface area contributed by atoms with Crippen LogP contribution in [0.4, 0.5) is 13.2 Å². The minimum atomic E-state index is -4.60. The van der Waals surface area contributed by atoms with Crippen LogP contribution in [0.2, 0.25) is 5.02 Å². The lowest BCUT2D eigenvalue weighted by molar-refractivity contribution is -0.141. The standard InChI is InChI=1S/C27H21ClF3N5O2/c1-15-19(10-13-21(32-15)27(29,30)31)14-35-26(38)23(17-6-4-3-5-7-17)22(18-8-11-20(28)12-9-18)25-34-33-24(16(2)37)36(25)35/h3-13,16,37H,14H2,1-2H3/t16-/m1/s1. The van der Waals surface area contributed by atoms with Gasteiger partial charge in [-0.15, -0.1) is 10.2 Å². The largest absolute Gasteiger partial charge is 0.433 e. The first-order valence-electron chi connectivity index (χ1n) is 11.6. The van der Waals surface area contributed by atoms with Crippen molar-refractivity contribution < 1.29 is 18.3 Å². The second kappa shape index (κ2) is 9.70. The summed E-state index contributed by atoms with van der Waals surface area (Å²) >= 11 is 6.11. The molecule has 5 rings (SSSR count). The van der Waals surface area contributed by atoms with E-state index in [9.17, 15) is 23.1 Å². The van der Waals surface area contributed by atoms with Gasteiger partial charge in [-0.25, -0.2) is 14.2 Å². The molecule has 2 aromatic carbocycles. The Morgan fingerprint density at radius 2 is 1.61 bits per heavy atom. The smallest absolute Gasteiger partial charge is 0.385 e. The van der Waals surface area contributed by atoms with E-state index in [1.807, 2.05) is 6.07 Å². The summed E-state index contributed by atoms with van der Waals surface area (Å²) in [4.78, 5) is 17.9. The van der Waals surface area contributed by atoms with E-state index in [-0.39, 0.29) is 18.1 Å². The molecule has 5 aromatic rings. The summed E-state index contributed by atoms with van der Waals surface area (Å²) in [7, 11) is 0. The summed E-state index contributed by atoms with van der Waals surface area (Å²) in [5.41, 5.74) is 1.40. The van der Waals surface area contributed by atoms with Crippen molar-refractivity contribution in [2.24, 2.45) is 0 Å². The highest BCUT2D eigenvalue weighted by Gasteiger charge is 2.33. The second-order valence-corrected chi connectivity index (χ2v) is 9.23. The van der Waals surface area contributed by atoms with Crippen molar-refractivity contribution in [1.82, 2.24) is 24.4 Å². The average molecular weight is 540 g/mol. The monoisotopic (exact) mass is 539 g/mol. The highest BCUT2D eigenvalue weighted by molar-refractivity contribution is 6.30. The Morgan fingerprint density at radius 3 is 2.21 bits per heavy atom. The van der Waals surface area contributed by atoms with Gasteiger partial charge in [0.25, 0.3) is 5.56 Å². The first-order valence-corrected chi connectivity index (χ1v) is 12.0. The Kier molecular flexibility index (Phi) is 6.54. The Bertz CT molecular complexity index is 1700. The van der Waals surface area contributed by atoms with Crippen LogP contribution in [-0.4, -0.2) is 29.5 Å². The summed E-state index contributed by atoms with van der Waals surface area (Å²) in [6, 6.07) is 18.1. The number of halogens is 4. The van der Waals surface area contributed by atoms with E-state index >= 15 is 0 Å². The van der Waals surface area contributed by atoms with Crippen molar-refractivity contribution in [2.45, 2.75) is 32.7 Å². The van der Waals surface area contributed by atoms with Crippen molar-refractivity contribution in [3.63, 3.8) is 0 Å². The number of benzene rings is 2. The van der Waals surface area contributed by atoms with Gasteiger partial charge in [-0.1, -0.05) is 60.1 Å². The normalized spacial score (nSPS) is 12.7. The van der Waals surface area contributed by atoms with E-state index in [2.05, 4.69) is 15.2 Å². The molecule has 0 bridgehead atoms. The molecule has 0 radical (unpaired) electrons. The molecule has 1 N–H and O–H groups in total. The number of aliphatic hydroxyl groups excluding tert-OH is 1. The number of rotatable bonds is 5. The highest BCUT2D eigenvalue weighted by Crippen LogP contribution is 2.34. The number of aryl methyl sites for hydroxylation is 1. The lowest BCUT2D eigenvalue weighted by Crippen LogP contribution is -2.31. The first-order chi connectivity index (χ1) is 18.1. The number of hydrogen-bond acceptors (Lipinski definition) is 5. The van der Waals surface area contributed by atoms with Gasteiger partial charge in [0.15, 0.2) is 11.5 Å². The van der Waals surface area contributed by atoms with Gasteiger partial charge in [-0.3, -0.25) is 4.79 Å². The summed E-state index contributed by atoms with van der Waals surface area (Å²) in [5.74, 6) is 0.101. The summed E-state index contributed by atoms with van der Waals surface area (Å²) in [6.45, 7) is 2.81. The Balaban J connectivity index is 1.84. The maximum Gasteiger partial charge on any atom is 0.433 e. The third-order valence-electron chi connectivity index (χ3n) is 6.20. The summed E-state index contributed by atoms with van der Waals surface area (Å²) in [5, 5.41) is 19.5.